The Balaban J connectivity index is 2.14. The van der Waals surface area contributed by atoms with E-state index in [-0.39, 0.29) is 43.5 Å². The van der Waals surface area contributed by atoms with Gasteiger partial charge in [0.05, 0.1) is 7.11 Å². The summed E-state index contributed by atoms with van der Waals surface area (Å²) in [5.41, 5.74) is 11.2. The number of ether oxygens (including phenoxy) is 2. The van der Waals surface area contributed by atoms with Gasteiger partial charge in [-0.3, -0.25) is 19.4 Å². The number of amides is 3. The predicted molar refractivity (Wildman–Crippen MR) is 142 cm³/mol. The van der Waals surface area contributed by atoms with Crippen molar-refractivity contribution >= 4 is 29.7 Å². The van der Waals surface area contributed by atoms with Crippen molar-refractivity contribution in [1.29, 1.82) is 0 Å². The number of methoxy groups -OCH3 is 1. The number of carbonyl (C=O) groups excluding carboxylic acids is 4. The highest BCUT2D eigenvalue weighted by molar-refractivity contribution is 5.93. The molecule has 1 heterocycles. The van der Waals surface area contributed by atoms with E-state index in [9.17, 15) is 19.2 Å². The van der Waals surface area contributed by atoms with Crippen molar-refractivity contribution in [2.45, 2.75) is 68.9 Å². The molecule has 1 aliphatic carbocycles. The highest BCUT2D eigenvalue weighted by Gasteiger charge is 2.52. The highest BCUT2D eigenvalue weighted by Crippen LogP contribution is 2.44. The Morgan fingerprint density at radius 2 is 1.87 bits per heavy atom. The number of epoxide rings is 1. The zero-order chi connectivity index (χ0) is 28.3. The number of esters is 1. The van der Waals surface area contributed by atoms with E-state index in [1.165, 1.54) is 20.1 Å². The van der Waals surface area contributed by atoms with Crippen molar-refractivity contribution in [2.75, 3.05) is 13.7 Å². The van der Waals surface area contributed by atoms with Crippen LogP contribution in [0.5, 0.6) is 0 Å². The molecule has 12 nitrogen and oxygen atoms in total. The van der Waals surface area contributed by atoms with Crippen LogP contribution in [0, 0.1) is 0 Å². The molecule has 0 aromatic heterocycles. The van der Waals surface area contributed by atoms with Crippen LogP contribution < -0.4 is 27.4 Å². The quantitative estimate of drug-likeness (QED) is 0.0482. The number of carbonyl (C=O) groups is 4. The number of rotatable bonds is 15. The van der Waals surface area contributed by atoms with Gasteiger partial charge in [-0.05, 0) is 30.9 Å². The molecule has 208 valence electrons. The Morgan fingerprint density at radius 1 is 1.18 bits per heavy atom. The zero-order valence-electron chi connectivity index (χ0n) is 21.9. The number of guanidine groups is 1. The average Bonchev–Trinajstić information content (AvgIpc) is 3.57. The molecule has 2 aliphatic rings. The molecule has 0 aromatic rings. The van der Waals surface area contributed by atoms with E-state index in [0.717, 1.165) is 5.57 Å². The second-order valence-electron chi connectivity index (χ2n) is 9.12. The summed E-state index contributed by atoms with van der Waals surface area (Å²) < 4.78 is 10.4. The van der Waals surface area contributed by atoms with Crippen LogP contribution in [0.1, 0.15) is 39.0 Å². The van der Waals surface area contributed by atoms with Crippen molar-refractivity contribution in [3.63, 3.8) is 0 Å². The monoisotopic (exact) mass is 530 g/mol. The molecule has 0 bridgehead atoms. The first-order chi connectivity index (χ1) is 18.0. The molecule has 1 fully saturated rings. The first kappa shape index (κ1) is 30.3. The number of hydrogen-bond acceptors (Lipinski definition) is 7. The van der Waals surface area contributed by atoms with E-state index >= 15 is 0 Å². The summed E-state index contributed by atoms with van der Waals surface area (Å²) in [6, 6.07) is -2.94. The minimum atomic E-state index is -1.03. The third-order valence-corrected chi connectivity index (χ3v) is 6.16. The van der Waals surface area contributed by atoms with Gasteiger partial charge in [0.25, 0.3) is 0 Å². The average molecular weight is 531 g/mol. The summed E-state index contributed by atoms with van der Waals surface area (Å²) in [6.07, 6.45) is 10.4. The van der Waals surface area contributed by atoms with Crippen LogP contribution in [-0.2, 0) is 28.7 Å². The fourth-order valence-corrected chi connectivity index (χ4v) is 4.10. The van der Waals surface area contributed by atoms with Crippen molar-refractivity contribution in [1.82, 2.24) is 16.0 Å². The Kier molecular flexibility index (Phi) is 11.3. The lowest BCUT2D eigenvalue weighted by molar-refractivity contribution is -0.145. The lowest BCUT2D eigenvalue weighted by Crippen LogP contribution is -2.55. The van der Waals surface area contributed by atoms with Crippen LogP contribution in [0.25, 0.3) is 0 Å². The second-order valence-corrected chi connectivity index (χ2v) is 9.12. The summed E-state index contributed by atoms with van der Waals surface area (Å²) in [7, 11) is 1.21. The lowest BCUT2D eigenvalue weighted by atomic mass is 9.90. The normalized spacial score (nSPS) is 21.6. The molecule has 38 heavy (non-hydrogen) atoms. The Bertz CT molecular complexity index is 1020. The first-order valence-electron chi connectivity index (χ1n) is 12.4. The van der Waals surface area contributed by atoms with Gasteiger partial charge in [-0.25, -0.2) is 4.79 Å². The van der Waals surface area contributed by atoms with E-state index in [1.54, 1.807) is 6.08 Å². The smallest absolute Gasteiger partial charge is 0.328 e. The molecular weight excluding hydrogens is 492 g/mol. The van der Waals surface area contributed by atoms with Gasteiger partial charge in [0.1, 0.15) is 29.8 Å². The summed E-state index contributed by atoms with van der Waals surface area (Å²) in [5, 5.41) is 7.95. The topological polar surface area (TPSA) is 191 Å². The molecule has 0 aromatic carbocycles. The molecule has 3 amide bonds. The molecule has 1 unspecified atom stereocenters. The van der Waals surface area contributed by atoms with E-state index in [2.05, 4.69) is 34.1 Å². The number of nitrogens with zero attached hydrogens (tertiary/aromatic N) is 1. The maximum atomic E-state index is 13.3. The zero-order valence-corrected chi connectivity index (χ0v) is 21.9. The summed E-state index contributed by atoms with van der Waals surface area (Å²) in [4.78, 5) is 54.2. The molecule has 0 saturated carbocycles. The fourth-order valence-electron chi connectivity index (χ4n) is 4.10. The van der Waals surface area contributed by atoms with E-state index in [1.807, 2.05) is 18.2 Å². The van der Waals surface area contributed by atoms with E-state index in [0.29, 0.717) is 12.8 Å². The molecule has 7 N–H and O–H groups in total. The fraction of sp³-hybridized carbons (Fsp3) is 0.500. The molecule has 12 heteroatoms. The summed E-state index contributed by atoms with van der Waals surface area (Å²) in [5.74, 6) is -2.29. The molecule has 1 aliphatic heterocycles. The number of allylic oxidation sites excluding steroid dienone is 1. The van der Waals surface area contributed by atoms with Crippen molar-refractivity contribution < 1.29 is 28.7 Å². The van der Waals surface area contributed by atoms with E-state index < -0.39 is 41.8 Å². The van der Waals surface area contributed by atoms with Crippen molar-refractivity contribution in [3.8, 4) is 0 Å². The minimum Gasteiger partial charge on any atom is -0.467 e. The Hall–Kier alpha value is -3.93. The predicted octanol–water partition coefficient (Wildman–Crippen LogP) is -0.137. The minimum absolute atomic E-state index is 0.0425. The number of hydrogen-bond donors (Lipinski definition) is 5. The van der Waals surface area contributed by atoms with Gasteiger partial charge in [0.15, 0.2) is 5.96 Å². The standard InChI is InChI=1S/C26H38N6O6/c1-5-8-19(24(36)37-4)32-22(34)18(9-7-14-29-25(27)28)31-23(35)20(30-16(3)33)15-17-10-12-26(13-11-17)21(6-2)38-26/h5-6,10-12,18-21H,1-2,7-9,13-15H2,3-4H3,(H,30,33)(H,31,35)(H,32,34)(H4,27,28,29)/t18-,19+,20+,21+,26?/m1/s1. The molecule has 1 saturated heterocycles. The Labute approximate surface area is 222 Å². The number of nitrogens with one attached hydrogen (secondary N) is 3. The molecule has 2 rings (SSSR count). The molecular formula is C26H38N6O6. The third-order valence-electron chi connectivity index (χ3n) is 6.16. The van der Waals surface area contributed by atoms with Gasteiger partial charge in [-0.1, -0.05) is 24.3 Å². The van der Waals surface area contributed by atoms with Gasteiger partial charge < -0.3 is 36.9 Å². The molecule has 1 spiro atoms. The number of aliphatic imine (C=N–C) groups is 1. The number of nitrogens with two attached hydrogens (primary N) is 2. The van der Waals surface area contributed by atoms with Crippen molar-refractivity contribution in [3.05, 3.63) is 49.1 Å². The van der Waals surface area contributed by atoms with Crippen LogP contribution >= 0.6 is 0 Å². The third kappa shape index (κ3) is 8.87. The maximum Gasteiger partial charge on any atom is 0.328 e. The Morgan fingerprint density at radius 3 is 2.39 bits per heavy atom. The van der Waals surface area contributed by atoms with Crippen molar-refractivity contribution in [2.24, 2.45) is 16.5 Å². The van der Waals surface area contributed by atoms with Crippen LogP contribution in [0.2, 0.25) is 0 Å². The van der Waals surface area contributed by atoms with E-state index in [4.69, 9.17) is 20.9 Å². The van der Waals surface area contributed by atoms with Crippen LogP contribution in [0.4, 0.5) is 0 Å². The van der Waals surface area contributed by atoms with Gasteiger partial charge in [-0.2, -0.15) is 0 Å². The van der Waals surface area contributed by atoms with Crippen LogP contribution in [0.15, 0.2) is 54.1 Å². The maximum absolute atomic E-state index is 13.3. The van der Waals surface area contributed by atoms with Gasteiger partial charge in [0, 0.05) is 26.3 Å². The molecule has 0 radical (unpaired) electrons. The SMILES string of the molecule is C=CC[C@H](NC(=O)[C@@H](CCCN=C(N)N)NC(=O)[C@H](CC1=CCC2(C=C1)O[C@H]2C=C)NC(C)=O)C(=O)OC. The summed E-state index contributed by atoms with van der Waals surface area (Å²) >= 11 is 0. The second kappa shape index (κ2) is 14.1. The molecule has 5 atom stereocenters. The first-order valence-corrected chi connectivity index (χ1v) is 12.4. The highest BCUT2D eigenvalue weighted by atomic mass is 16.6. The van der Waals surface area contributed by atoms with Gasteiger partial charge in [-0.15, -0.1) is 13.2 Å². The van der Waals surface area contributed by atoms with Crippen LogP contribution in [-0.4, -0.2) is 73.1 Å². The van der Waals surface area contributed by atoms with Gasteiger partial charge >= 0.3 is 5.97 Å². The van der Waals surface area contributed by atoms with Crippen LogP contribution in [0.3, 0.4) is 0 Å². The largest absolute Gasteiger partial charge is 0.467 e. The summed E-state index contributed by atoms with van der Waals surface area (Å²) in [6.45, 7) is 8.89. The van der Waals surface area contributed by atoms with Gasteiger partial charge in [0.2, 0.25) is 17.7 Å². The lowest BCUT2D eigenvalue weighted by Gasteiger charge is -2.25.